The second-order valence-electron chi connectivity index (χ2n) is 21.8. The lowest BCUT2D eigenvalue weighted by Gasteiger charge is -2.33. The Hall–Kier alpha value is -6.16. The average molecular weight is 1130 g/mol. The van der Waals surface area contributed by atoms with Crippen LogP contribution in [0.4, 0.5) is 0 Å². The summed E-state index contributed by atoms with van der Waals surface area (Å²) < 4.78 is 0. The molecule has 8 aliphatic rings. The zero-order valence-electron chi connectivity index (χ0n) is 46.6. The van der Waals surface area contributed by atoms with Crippen LogP contribution in [0.15, 0.2) is 81.3 Å². The van der Waals surface area contributed by atoms with Gasteiger partial charge in [0.25, 0.3) is 23.6 Å². The minimum atomic E-state index is -1.27. The molecule has 0 aromatic heterocycles. The van der Waals surface area contributed by atoms with Crippen LogP contribution >= 0.6 is 0 Å². The molecule has 4 heterocycles. The summed E-state index contributed by atoms with van der Waals surface area (Å²) in [5, 5.41) is 93.2. The molecule has 0 radical (unpaired) electrons. The van der Waals surface area contributed by atoms with Crippen molar-refractivity contribution in [3.8, 4) is 0 Å². The second kappa shape index (κ2) is 31.3. The first-order valence-corrected chi connectivity index (χ1v) is 29.0. The van der Waals surface area contributed by atoms with Crippen molar-refractivity contribution >= 4 is 35.4 Å². The van der Waals surface area contributed by atoms with Gasteiger partial charge in [-0.15, -0.1) is 0 Å². The molecule has 10 unspecified atom stereocenters. The Morgan fingerprint density at radius 3 is 1.74 bits per heavy atom. The number of rotatable bonds is 4. The molecule has 0 spiro atoms. The van der Waals surface area contributed by atoms with Crippen LogP contribution in [-0.2, 0) is 28.8 Å². The standard InChI is InChI=1S/C56H87N13O12/c57-16-2-1-7-36-35-69-30-23-64-54(79)42-13-5-12-41(47(42)72)51(76)60-19-26-67(27-20-63-55(80)43-14-6-15-44(48(43)73)56(81)65-36)32-31-66-24-17-58-49(74)37-8-3-10-39(45(37)70)52(77)61-21-28-68(33-34-69)29-22-62-53(78)40-11-4-9-38(46(40)71)50(75)59-18-25-66/h3,5,8,12,15,36,39-40,42,50,54,59,64,70-73,75,79H,1-2,4,6-7,9-11,13-14,16-35,57H2,(H,58,74)(H,60,76)(H,61,77)(H,62,78)(H,63,80)(H,65,81). The molecule has 81 heavy (non-hydrogen) atoms. The number of carbonyl (C=O) groups excluding carboxylic acids is 6. The van der Waals surface area contributed by atoms with Gasteiger partial charge in [0, 0.05) is 136 Å². The fourth-order valence-corrected chi connectivity index (χ4v) is 11.4. The molecule has 4 aliphatic heterocycles. The highest BCUT2D eigenvalue weighted by molar-refractivity contribution is 6.03. The predicted octanol–water partition coefficient (Wildman–Crippen LogP) is -1.83. The van der Waals surface area contributed by atoms with Gasteiger partial charge in [-0.25, -0.2) is 0 Å². The molecular weight excluding hydrogens is 1050 g/mol. The molecule has 16 N–H and O–H groups in total. The van der Waals surface area contributed by atoms with Gasteiger partial charge in [-0.05, 0) is 70.4 Å². The predicted molar refractivity (Wildman–Crippen MR) is 301 cm³/mol. The largest absolute Gasteiger partial charge is 0.511 e. The van der Waals surface area contributed by atoms with Crippen molar-refractivity contribution in [2.45, 2.75) is 82.7 Å². The topological polar surface area (TPSA) is 359 Å². The molecule has 448 valence electrons. The smallest absolute Gasteiger partial charge is 0.254 e. The first-order valence-electron chi connectivity index (χ1n) is 29.0. The van der Waals surface area contributed by atoms with Crippen LogP contribution in [-0.4, -0.2) is 235 Å². The number of hydrogen-bond donors (Lipinski definition) is 15. The summed E-state index contributed by atoms with van der Waals surface area (Å²) >= 11 is 0. The molecular formula is C56H87N13O12. The number of allylic oxidation sites excluding steroid dienone is 3. The minimum Gasteiger partial charge on any atom is -0.511 e. The van der Waals surface area contributed by atoms with Gasteiger partial charge in [-0.3, -0.25) is 59.0 Å². The normalized spacial score (nSPS) is 31.4. The van der Waals surface area contributed by atoms with E-state index in [1.807, 2.05) is 14.7 Å². The van der Waals surface area contributed by atoms with Gasteiger partial charge in [0.05, 0.1) is 40.0 Å². The van der Waals surface area contributed by atoms with Crippen molar-refractivity contribution in [1.29, 1.82) is 0 Å². The van der Waals surface area contributed by atoms with E-state index in [1.165, 1.54) is 12.2 Å². The summed E-state index contributed by atoms with van der Waals surface area (Å²) in [5.74, 6) is -7.07. The van der Waals surface area contributed by atoms with Crippen LogP contribution in [0.3, 0.4) is 0 Å². The maximum absolute atomic E-state index is 14.3. The lowest BCUT2D eigenvalue weighted by Crippen LogP contribution is -2.50. The van der Waals surface area contributed by atoms with Crippen molar-refractivity contribution in [2.24, 2.45) is 23.5 Å². The van der Waals surface area contributed by atoms with E-state index < -0.39 is 77.5 Å². The molecule has 25 heteroatoms. The maximum Gasteiger partial charge on any atom is 0.254 e. The number of nitrogens with one attached hydrogen (secondary N) is 8. The summed E-state index contributed by atoms with van der Waals surface area (Å²) in [4.78, 5) is 91.6. The van der Waals surface area contributed by atoms with Crippen molar-refractivity contribution in [3.63, 3.8) is 0 Å². The Bertz CT molecular complexity index is 2480. The highest BCUT2D eigenvalue weighted by Gasteiger charge is 2.34. The summed E-state index contributed by atoms with van der Waals surface area (Å²) in [7, 11) is 0. The Morgan fingerprint density at radius 1 is 0.556 bits per heavy atom. The van der Waals surface area contributed by atoms with Crippen LogP contribution in [0, 0.1) is 17.8 Å². The number of aliphatic hydroxyl groups excluding tert-OH is 6. The fraction of sp³-hybridized carbons (Fsp3) is 0.643. The third-order valence-corrected chi connectivity index (χ3v) is 16.2. The number of nitrogens with zero attached hydrogens (tertiary/aromatic N) is 4. The Labute approximate surface area is 473 Å². The summed E-state index contributed by atoms with van der Waals surface area (Å²) in [5.41, 5.74) is 6.29. The first kappa shape index (κ1) is 62.4. The van der Waals surface area contributed by atoms with Crippen LogP contribution in [0.25, 0.3) is 0 Å². The number of hydrogen-bond acceptors (Lipinski definition) is 19. The van der Waals surface area contributed by atoms with Crippen LogP contribution < -0.4 is 48.3 Å². The lowest BCUT2D eigenvalue weighted by molar-refractivity contribution is -0.125. The number of carbonyl (C=O) groups is 6. The van der Waals surface area contributed by atoms with E-state index in [9.17, 15) is 59.4 Å². The minimum absolute atomic E-state index is 0.0119. The quantitative estimate of drug-likeness (QED) is 0.138. The van der Waals surface area contributed by atoms with Crippen molar-refractivity contribution < 1.29 is 59.4 Å². The van der Waals surface area contributed by atoms with E-state index >= 15 is 0 Å². The summed E-state index contributed by atoms with van der Waals surface area (Å²) in [6, 6.07) is -0.509. The zero-order chi connectivity index (χ0) is 57.8. The number of nitrogens with two attached hydrogens (primary N) is 1. The lowest BCUT2D eigenvalue weighted by atomic mass is 9.87. The van der Waals surface area contributed by atoms with Crippen molar-refractivity contribution in [1.82, 2.24) is 62.1 Å². The number of unbranched alkanes of at least 4 members (excludes halogenated alkanes) is 1. The third-order valence-electron chi connectivity index (χ3n) is 16.2. The van der Waals surface area contributed by atoms with Gasteiger partial charge in [-0.1, -0.05) is 30.7 Å². The molecule has 4 aliphatic carbocycles. The average Bonchev–Trinajstić information content (AvgIpc) is 3.47. The van der Waals surface area contributed by atoms with Gasteiger partial charge in [0.2, 0.25) is 11.8 Å². The van der Waals surface area contributed by atoms with Gasteiger partial charge < -0.3 is 68.3 Å². The molecule has 0 saturated carbocycles. The number of fused-ring (bicyclic) bond motifs is 15. The molecule has 6 amide bonds. The molecule has 0 fully saturated rings. The monoisotopic (exact) mass is 1130 g/mol. The first-order chi connectivity index (χ1) is 39.1. The van der Waals surface area contributed by atoms with Crippen LogP contribution in [0.2, 0.25) is 0 Å². The highest BCUT2D eigenvalue weighted by atomic mass is 16.3. The fourth-order valence-electron chi connectivity index (χ4n) is 11.4. The molecule has 8 rings (SSSR count). The van der Waals surface area contributed by atoms with Gasteiger partial charge in [0.15, 0.2) is 0 Å². The van der Waals surface area contributed by atoms with E-state index in [-0.39, 0.29) is 144 Å². The van der Waals surface area contributed by atoms with E-state index in [2.05, 4.69) is 47.4 Å². The van der Waals surface area contributed by atoms with E-state index in [0.29, 0.717) is 96.3 Å². The highest BCUT2D eigenvalue weighted by Crippen LogP contribution is 2.31. The molecule has 0 saturated heterocycles. The van der Waals surface area contributed by atoms with Gasteiger partial charge in [0.1, 0.15) is 35.5 Å². The van der Waals surface area contributed by atoms with Gasteiger partial charge in [-0.2, -0.15) is 0 Å². The summed E-state index contributed by atoms with van der Waals surface area (Å²) in [6.07, 6.45) is 9.54. The van der Waals surface area contributed by atoms with Crippen molar-refractivity contribution in [2.75, 3.05) is 131 Å². The molecule has 10 atom stereocenters. The number of amides is 6. The zero-order valence-corrected chi connectivity index (χ0v) is 46.6. The van der Waals surface area contributed by atoms with E-state index in [1.54, 1.807) is 18.2 Å². The van der Waals surface area contributed by atoms with Gasteiger partial charge >= 0.3 is 0 Å². The Balaban J connectivity index is 1.29. The third kappa shape index (κ3) is 17.7. The Morgan fingerprint density at radius 2 is 1.10 bits per heavy atom. The van der Waals surface area contributed by atoms with Crippen LogP contribution in [0.1, 0.15) is 64.2 Å². The molecule has 25 nitrogen and oxygen atoms in total. The van der Waals surface area contributed by atoms with E-state index in [4.69, 9.17) is 5.73 Å². The molecule has 0 aromatic rings. The second-order valence-corrected chi connectivity index (χ2v) is 21.8. The maximum atomic E-state index is 14.3. The Kier molecular flexibility index (Phi) is 24.1. The van der Waals surface area contributed by atoms with E-state index in [0.717, 1.165) is 0 Å². The SMILES string of the molecule is NCCCCC1CN2CCNC(O)C3CC=CC(=C3O)C(=O)NCCN(CCNC(=O)C3=C(O)C(=CCC3)C(=O)N1)CCN1CCNC(=O)C3=C(O)C(CC=C3)C(=O)NCCN(CCNC(=O)C3CCCC(=C3O)C(O)NCC1)CC2. The number of aliphatic hydroxyl groups is 6. The van der Waals surface area contributed by atoms with Crippen molar-refractivity contribution in [3.05, 3.63) is 81.3 Å². The molecule has 0 aromatic carbocycles. The molecule has 12 bridgehead atoms. The van der Waals surface area contributed by atoms with Crippen LogP contribution in [0.5, 0.6) is 0 Å². The summed E-state index contributed by atoms with van der Waals surface area (Å²) in [6.45, 7) is 4.91.